The van der Waals surface area contributed by atoms with Crippen LogP contribution in [0.15, 0.2) is 224 Å². The van der Waals surface area contributed by atoms with Crippen molar-refractivity contribution in [3.05, 3.63) is 236 Å². The summed E-state index contributed by atoms with van der Waals surface area (Å²) in [7, 11) is 0. The molecule has 1 heteroatoms. The van der Waals surface area contributed by atoms with Crippen LogP contribution in [-0.4, -0.2) is 0 Å². The standard InChI is InChI=1S/C63H43N/c1-63(2)57-26-12-11-23-51(57)52-34-32-47(39-58(52)63)62-54-25-10-9-24-53(54)61(55-37-42-17-3-4-18-43(42)38-56(55)62)46-30-29-45-36-48(33-31-44(45)35-46)64(59-27-13-19-40-15-5-7-21-49(40)59)60-28-14-20-41-16-6-8-22-50(41)60/h3-39H,1-2H3. The Morgan fingerprint density at radius 2 is 0.750 bits per heavy atom. The van der Waals surface area contributed by atoms with Crippen LogP contribution in [0.5, 0.6) is 0 Å². The molecule has 300 valence electrons. The molecule has 0 bridgehead atoms. The van der Waals surface area contributed by atoms with Gasteiger partial charge in [-0.25, -0.2) is 0 Å². The van der Waals surface area contributed by atoms with Crippen molar-refractivity contribution in [1.29, 1.82) is 0 Å². The fraction of sp³-hybridized carbons (Fsp3) is 0.0476. The Hall–Kier alpha value is -8.00. The highest BCUT2D eigenvalue weighted by molar-refractivity contribution is 6.24. The smallest absolute Gasteiger partial charge is 0.0540 e. The van der Waals surface area contributed by atoms with Gasteiger partial charge in [0.2, 0.25) is 0 Å². The van der Waals surface area contributed by atoms with Crippen LogP contribution in [0, 0.1) is 0 Å². The number of benzene rings is 12. The molecule has 12 aromatic carbocycles. The SMILES string of the molecule is CC1(C)c2ccccc2-c2ccc(-c3c4ccccc4c(-c4ccc5cc(N(c6cccc7ccccc67)c6cccc7ccccc67)ccc5c4)c4cc5ccccc5cc34)cc21. The number of nitrogens with zero attached hydrogens (tertiary/aromatic N) is 1. The second-order valence-corrected chi connectivity index (χ2v) is 18.0. The van der Waals surface area contributed by atoms with E-state index in [1.54, 1.807) is 0 Å². The van der Waals surface area contributed by atoms with E-state index in [0.29, 0.717) is 0 Å². The lowest BCUT2D eigenvalue weighted by atomic mass is 9.80. The van der Waals surface area contributed by atoms with Gasteiger partial charge in [-0.2, -0.15) is 0 Å². The predicted octanol–water partition coefficient (Wildman–Crippen LogP) is 17.7. The maximum atomic E-state index is 2.48. The van der Waals surface area contributed by atoms with Gasteiger partial charge in [-0.3, -0.25) is 0 Å². The van der Waals surface area contributed by atoms with Gasteiger partial charge < -0.3 is 4.90 Å². The average Bonchev–Trinajstić information content (AvgIpc) is 3.57. The van der Waals surface area contributed by atoms with Crippen LogP contribution in [0.25, 0.3) is 98.0 Å². The summed E-state index contributed by atoms with van der Waals surface area (Å²) in [4.78, 5) is 2.45. The molecule has 0 amide bonds. The maximum Gasteiger partial charge on any atom is 0.0540 e. The molecule has 12 aromatic rings. The van der Waals surface area contributed by atoms with E-state index >= 15 is 0 Å². The number of hydrogen-bond donors (Lipinski definition) is 0. The summed E-state index contributed by atoms with van der Waals surface area (Å²) in [5, 5.41) is 14.9. The minimum Gasteiger partial charge on any atom is -0.309 e. The van der Waals surface area contributed by atoms with Crippen molar-refractivity contribution in [2.45, 2.75) is 19.3 Å². The fourth-order valence-electron chi connectivity index (χ4n) is 11.1. The molecule has 0 spiro atoms. The third kappa shape index (κ3) is 5.50. The molecule has 13 rings (SSSR count). The van der Waals surface area contributed by atoms with Gasteiger partial charge in [-0.05, 0) is 147 Å². The normalized spacial score (nSPS) is 13.0. The maximum absolute atomic E-state index is 2.48. The summed E-state index contributed by atoms with van der Waals surface area (Å²) in [6, 6.07) is 83.6. The van der Waals surface area contributed by atoms with Crippen LogP contribution in [0.1, 0.15) is 25.0 Å². The van der Waals surface area contributed by atoms with E-state index in [1.807, 2.05) is 0 Å². The Morgan fingerprint density at radius 3 is 1.39 bits per heavy atom. The summed E-state index contributed by atoms with van der Waals surface area (Å²) in [5.41, 5.74) is 13.9. The molecule has 1 aliphatic carbocycles. The van der Waals surface area contributed by atoms with Crippen molar-refractivity contribution in [3.63, 3.8) is 0 Å². The van der Waals surface area contributed by atoms with Crippen molar-refractivity contribution in [3.8, 4) is 33.4 Å². The lowest BCUT2D eigenvalue weighted by molar-refractivity contribution is 0.660. The first-order chi connectivity index (χ1) is 31.5. The van der Waals surface area contributed by atoms with Gasteiger partial charge in [0, 0.05) is 21.9 Å². The zero-order valence-corrected chi connectivity index (χ0v) is 35.8. The van der Waals surface area contributed by atoms with Gasteiger partial charge in [0.05, 0.1) is 11.4 Å². The average molecular weight is 814 g/mol. The van der Waals surface area contributed by atoms with E-state index < -0.39 is 0 Å². The summed E-state index contributed by atoms with van der Waals surface area (Å²) < 4.78 is 0. The minimum atomic E-state index is -0.0913. The van der Waals surface area contributed by atoms with E-state index in [0.717, 1.165) is 17.1 Å². The summed E-state index contributed by atoms with van der Waals surface area (Å²) in [6.45, 7) is 4.75. The van der Waals surface area contributed by atoms with Crippen LogP contribution in [0.3, 0.4) is 0 Å². The highest BCUT2D eigenvalue weighted by atomic mass is 15.1. The zero-order chi connectivity index (χ0) is 42.5. The van der Waals surface area contributed by atoms with Crippen molar-refractivity contribution in [1.82, 2.24) is 0 Å². The van der Waals surface area contributed by atoms with E-state index in [2.05, 4.69) is 243 Å². The number of anilines is 3. The lowest BCUT2D eigenvalue weighted by Crippen LogP contribution is -2.14. The highest BCUT2D eigenvalue weighted by Crippen LogP contribution is 2.52. The van der Waals surface area contributed by atoms with Crippen LogP contribution < -0.4 is 4.90 Å². The molecule has 0 saturated heterocycles. The largest absolute Gasteiger partial charge is 0.309 e. The van der Waals surface area contributed by atoms with Crippen LogP contribution in [0.2, 0.25) is 0 Å². The Labute approximate surface area is 373 Å². The third-order valence-corrected chi connectivity index (χ3v) is 14.1. The number of fused-ring (bicyclic) bond motifs is 9. The molecule has 0 radical (unpaired) electrons. The summed E-state index contributed by atoms with van der Waals surface area (Å²) in [5.74, 6) is 0. The van der Waals surface area contributed by atoms with Crippen molar-refractivity contribution >= 4 is 81.7 Å². The van der Waals surface area contributed by atoms with Gasteiger partial charge >= 0.3 is 0 Å². The van der Waals surface area contributed by atoms with Crippen molar-refractivity contribution < 1.29 is 0 Å². The Kier molecular flexibility index (Phi) is 8.02. The molecule has 0 aromatic heterocycles. The minimum absolute atomic E-state index is 0.0913. The summed E-state index contributed by atoms with van der Waals surface area (Å²) >= 11 is 0. The van der Waals surface area contributed by atoms with Gasteiger partial charge in [-0.1, -0.05) is 190 Å². The van der Waals surface area contributed by atoms with Crippen molar-refractivity contribution in [2.24, 2.45) is 0 Å². The van der Waals surface area contributed by atoms with Gasteiger partial charge in [0.15, 0.2) is 0 Å². The number of rotatable bonds is 5. The van der Waals surface area contributed by atoms with Crippen LogP contribution >= 0.6 is 0 Å². The van der Waals surface area contributed by atoms with Gasteiger partial charge in [-0.15, -0.1) is 0 Å². The molecule has 0 heterocycles. The van der Waals surface area contributed by atoms with Gasteiger partial charge in [0.1, 0.15) is 0 Å². The fourth-order valence-corrected chi connectivity index (χ4v) is 11.1. The monoisotopic (exact) mass is 813 g/mol. The molecular formula is C63H43N. The molecule has 0 unspecified atom stereocenters. The van der Waals surface area contributed by atoms with E-state index in [4.69, 9.17) is 0 Å². The summed E-state index contributed by atoms with van der Waals surface area (Å²) in [6.07, 6.45) is 0. The first-order valence-corrected chi connectivity index (χ1v) is 22.4. The highest BCUT2D eigenvalue weighted by Gasteiger charge is 2.35. The van der Waals surface area contributed by atoms with Crippen molar-refractivity contribution in [2.75, 3.05) is 4.90 Å². The second kappa shape index (κ2) is 14.0. The van der Waals surface area contributed by atoms with Gasteiger partial charge in [0.25, 0.3) is 0 Å². The van der Waals surface area contributed by atoms with Crippen LogP contribution in [0.4, 0.5) is 17.1 Å². The molecule has 0 aliphatic heterocycles. The molecule has 1 nitrogen and oxygen atoms in total. The van der Waals surface area contributed by atoms with E-state index in [-0.39, 0.29) is 5.41 Å². The zero-order valence-electron chi connectivity index (χ0n) is 35.8. The molecule has 0 atom stereocenters. The first kappa shape index (κ1) is 36.6. The molecule has 64 heavy (non-hydrogen) atoms. The van der Waals surface area contributed by atoms with Crippen LogP contribution in [-0.2, 0) is 5.41 Å². The van der Waals surface area contributed by atoms with E-state index in [9.17, 15) is 0 Å². The molecule has 1 aliphatic rings. The Balaban J connectivity index is 1.02. The quantitative estimate of drug-likeness (QED) is 0.157. The molecule has 0 saturated carbocycles. The second-order valence-electron chi connectivity index (χ2n) is 18.0. The predicted molar refractivity (Wildman–Crippen MR) is 275 cm³/mol. The molecular weight excluding hydrogens is 771 g/mol. The molecule has 0 fully saturated rings. The Bertz CT molecular complexity index is 3800. The van der Waals surface area contributed by atoms with E-state index in [1.165, 1.54) is 109 Å². The Morgan fingerprint density at radius 1 is 0.297 bits per heavy atom. The topological polar surface area (TPSA) is 3.24 Å². The lowest BCUT2D eigenvalue weighted by Gasteiger charge is -2.28. The third-order valence-electron chi connectivity index (χ3n) is 14.1. The molecule has 0 N–H and O–H groups in total. The number of hydrogen-bond acceptors (Lipinski definition) is 1. The first-order valence-electron chi connectivity index (χ1n) is 22.4.